The molecular formula is C17H31N3NaO10P2. The van der Waals surface area contributed by atoms with Crippen molar-refractivity contribution in [3.63, 3.8) is 0 Å². The molecular weight excluding hydrogens is 491 g/mol. The average molecular weight is 522 g/mol. The number of nitrogen functional groups attached to an aromatic ring is 1. The molecule has 0 spiro atoms. The predicted octanol–water partition coefficient (Wildman–Crippen LogP) is 0.743. The smallest absolute Gasteiger partial charge is 0.387 e. The number of phosphoric acid groups is 1. The third-order valence-electron chi connectivity index (χ3n) is 4.89. The number of nitrogens with two attached hydrogens (primary N) is 1. The topological polar surface area (TPSA) is 204 Å². The maximum absolute atomic E-state index is 12.1. The molecule has 6 atom stereocenters. The molecule has 1 aliphatic rings. The SMILES string of the molecule is CCCCCCCCP(=O)(O)OP(=O)(O)OCC1OC(n2ccc(N)nc2=O)C(O)C1O.[Na]. The molecule has 1 aromatic heterocycles. The van der Waals surface area contributed by atoms with Gasteiger partial charge in [-0.15, -0.1) is 0 Å². The van der Waals surface area contributed by atoms with E-state index in [0.717, 1.165) is 30.3 Å². The molecule has 0 saturated carbocycles. The fraction of sp³-hybridized carbons (Fsp3) is 0.765. The number of aliphatic hydroxyl groups excluding tert-OH is 2. The van der Waals surface area contributed by atoms with E-state index in [9.17, 15) is 33.9 Å². The minimum Gasteiger partial charge on any atom is -0.387 e. The van der Waals surface area contributed by atoms with Crippen LogP contribution in [0.25, 0.3) is 0 Å². The third kappa shape index (κ3) is 9.79. The van der Waals surface area contributed by atoms with E-state index in [-0.39, 0.29) is 41.5 Å². The Balaban J connectivity index is 0.00000544. The van der Waals surface area contributed by atoms with E-state index in [0.29, 0.717) is 12.8 Å². The molecule has 6 N–H and O–H groups in total. The van der Waals surface area contributed by atoms with Crippen molar-refractivity contribution in [1.29, 1.82) is 0 Å². The van der Waals surface area contributed by atoms with Gasteiger partial charge < -0.3 is 30.5 Å². The number of hydrogen-bond donors (Lipinski definition) is 5. The molecule has 13 nitrogen and oxygen atoms in total. The second-order valence-corrected chi connectivity index (χ2v) is 11.1. The second kappa shape index (κ2) is 13.8. The summed E-state index contributed by atoms with van der Waals surface area (Å²) in [6.45, 7) is 1.32. The molecule has 2 rings (SSSR count). The van der Waals surface area contributed by atoms with Crippen molar-refractivity contribution in [1.82, 2.24) is 9.55 Å². The normalized spacial score (nSPS) is 26.3. The van der Waals surface area contributed by atoms with Crippen molar-refractivity contribution in [2.24, 2.45) is 0 Å². The van der Waals surface area contributed by atoms with Crippen LogP contribution in [-0.2, 0) is 22.7 Å². The third-order valence-corrected chi connectivity index (χ3v) is 8.09. The van der Waals surface area contributed by atoms with Crippen LogP contribution in [-0.4, -0.2) is 90.2 Å². The Kier molecular flexibility index (Phi) is 12.9. The number of rotatable bonds is 13. The van der Waals surface area contributed by atoms with Gasteiger partial charge in [-0.3, -0.25) is 13.7 Å². The van der Waals surface area contributed by atoms with E-state index in [1.54, 1.807) is 0 Å². The van der Waals surface area contributed by atoms with Gasteiger partial charge in [-0.1, -0.05) is 39.0 Å². The van der Waals surface area contributed by atoms with Crippen molar-refractivity contribution in [2.45, 2.75) is 70.0 Å². The van der Waals surface area contributed by atoms with Crippen LogP contribution in [0, 0.1) is 0 Å². The molecule has 185 valence electrons. The summed E-state index contributed by atoms with van der Waals surface area (Å²) in [7, 11) is -9.36. The summed E-state index contributed by atoms with van der Waals surface area (Å²) in [5, 5.41) is 20.3. The maximum Gasteiger partial charge on any atom is 0.479 e. The average Bonchev–Trinajstić information content (AvgIpc) is 2.97. The zero-order valence-electron chi connectivity index (χ0n) is 18.7. The molecule has 33 heavy (non-hydrogen) atoms. The first kappa shape index (κ1) is 30.9. The predicted molar refractivity (Wildman–Crippen MR) is 120 cm³/mol. The van der Waals surface area contributed by atoms with E-state index in [2.05, 4.69) is 16.2 Å². The van der Waals surface area contributed by atoms with Crippen LogP contribution in [0.3, 0.4) is 0 Å². The number of hydrogen-bond acceptors (Lipinski definition) is 10. The van der Waals surface area contributed by atoms with E-state index >= 15 is 0 Å². The zero-order valence-corrected chi connectivity index (χ0v) is 22.5. The molecule has 16 heteroatoms. The summed E-state index contributed by atoms with van der Waals surface area (Å²) >= 11 is 0. The number of nitrogens with zero attached hydrogens (tertiary/aromatic N) is 2. The second-order valence-electron chi connectivity index (χ2n) is 7.56. The van der Waals surface area contributed by atoms with Crippen LogP contribution >= 0.6 is 15.4 Å². The number of anilines is 1. The van der Waals surface area contributed by atoms with E-state index in [1.165, 1.54) is 12.3 Å². The summed E-state index contributed by atoms with van der Waals surface area (Å²) in [6.07, 6.45) is 0.107. The standard InChI is InChI=1S/C17H31N3O10P2.Na/c1-2-3-4-5-6-7-10-31(24,25)30-32(26,27)28-11-12-14(21)15(22)16(29-12)20-9-8-13(18)19-17(20)23;/h8-9,12,14-16,21-22H,2-7,10-11H2,1H3,(H,24,25)(H,26,27)(H2,18,19,23);. The molecule has 1 aliphatic heterocycles. The number of unbranched alkanes of at least 4 members (excludes halogenated alkanes) is 5. The Morgan fingerprint density at radius 1 is 1.15 bits per heavy atom. The van der Waals surface area contributed by atoms with Gasteiger partial charge >= 0.3 is 21.1 Å². The Labute approximate surface area is 213 Å². The Morgan fingerprint density at radius 3 is 2.42 bits per heavy atom. The van der Waals surface area contributed by atoms with Gasteiger partial charge in [0.25, 0.3) is 0 Å². The van der Waals surface area contributed by atoms with Crippen LogP contribution in [0.4, 0.5) is 5.82 Å². The van der Waals surface area contributed by atoms with Crippen LogP contribution in [0.2, 0.25) is 0 Å². The summed E-state index contributed by atoms with van der Waals surface area (Å²) in [5.41, 5.74) is 4.57. The molecule has 0 bridgehead atoms. The first-order valence-corrected chi connectivity index (χ1v) is 13.6. The Morgan fingerprint density at radius 2 is 1.79 bits per heavy atom. The van der Waals surface area contributed by atoms with E-state index in [1.807, 2.05) is 0 Å². The number of phosphoric ester groups is 1. The Bertz CT molecular complexity index is 904. The van der Waals surface area contributed by atoms with Gasteiger partial charge in [0.2, 0.25) is 0 Å². The largest absolute Gasteiger partial charge is 0.479 e. The minimum absolute atomic E-state index is 0. The summed E-state index contributed by atoms with van der Waals surface area (Å²) in [6, 6.07) is 1.28. The molecule has 1 saturated heterocycles. The molecule has 0 aromatic carbocycles. The van der Waals surface area contributed by atoms with Crippen molar-refractivity contribution in [2.75, 3.05) is 18.5 Å². The van der Waals surface area contributed by atoms with E-state index < -0.39 is 52.3 Å². The minimum atomic E-state index is -4.97. The number of aromatic nitrogens is 2. The maximum atomic E-state index is 12.1. The fourth-order valence-corrected chi connectivity index (χ4v) is 5.96. The van der Waals surface area contributed by atoms with Gasteiger partial charge in [-0.25, -0.2) is 13.7 Å². The van der Waals surface area contributed by atoms with Crippen molar-refractivity contribution < 1.29 is 42.7 Å². The number of ether oxygens (including phenoxy) is 1. The van der Waals surface area contributed by atoms with Crippen molar-refractivity contribution in [3.05, 3.63) is 22.7 Å². The molecule has 0 aliphatic carbocycles. The van der Waals surface area contributed by atoms with Gasteiger partial charge in [0.1, 0.15) is 24.1 Å². The number of aliphatic hydroxyl groups is 2. The van der Waals surface area contributed by atoms with Gasteiger partial charge in [-0.05, 0) is 12.5 Å². The Hall–Kier alpha value is -0.140. The summed E-state index contributed by atoms with van der Waals surface area (Å²) < 4.78 is 39.6. The van der Waals surface area contributed by atoms with Gasteiger partial charge in [-0.2, -0.15) is 4.98 Å². The van der Waals surface area contributed by atoms with E-state index in [4.69, 9.17) is 15.0 Å². The first-order chi connectivity index (χ1) is 15.0. The van der Waals surface area contributed by atoms with Crippen LogP contribution < -0.4 is 11.4 Å². The molecule has 2 heterocycles. The zero-order chi connectivity index (χ0) is 23.9. The van der Waals surface area contributed by atoms with Crippen LogP contribution in [0.1, 0.15) is 51.7 Å². The first-order valence-electron chi connectivity index (χ1n) is 10.3. The molecule has 0 amide bonds. The van der Waals surface area contributed by atoms with Gasteiger partial charge in [0, 0.05) is 35.8 Å². The van der Waals surface area contributed by atoms with Crippen LogP contribution in [0.15, 0.2) is 17.1 Å². The van der Waals surface area contributed by atoms with Crippen molar-refractivity contribution >= 4 is 50.8 Å². The molecule has 1 aromatic rings. The quantitative estimate of drug-likeness (QED) is 0.138. The molecule has 1 fully saturated rings. The van der Waals surface area contributed by atoms with Gasteiger partial charge in [0.15, 0.2) is 6.23 Å². The van der Waals surface area contributed by atoms with Crippen molar-refractivity contribution in [3.8, 4) is 0 Å². The monoisotopic (exact) mass is 522 g/mol. The molecule has 6 unspecified atom stereocenters. The summed E-state index contributed by atoms with van der Waals surface area (Å²) in [5.74, 6) is -0.0491. The molecule has 1 radical (unpaired) electrons. The summed E-state index contributed by atoms with van der Waals surface area (Å²) in [4.78, 5) is 35.0. The van der Waals surface area contributed by atoms with Crippen LogP contribution in [0.5, 0.6) is 0 Å². The fourth-order valence-electron chi connectivity index (χ4n) is 3.20. The van der Waals surface area contributed by atoms with Gasteiger partial charge in [0.05, 0.1) is 12.8 Å².